The lowest BCUT2D eigenvalue weighted by atomic mass is 10.2. The highest BCUT2D eigenvalue weighted by atomic mass is 32.2. The number of amides is 2. The first-order chi connectivity index (χ1) is 9.80. The molecule has 0 unspecified atom stereocenters. The number of hydrogen-bond donors (Lipinski definition) is 3. The fourth-order valence-electron chi connectivity index (χ4n) is 1.27. The van der Waals surface area contributed by atoms with Gasteiger partial charge in [-0.1, -0.05) is 30.3 Å². The molecule has 8 heteroatoms. The molecule has 1 aromatic rings. The van der Waals surface area contributed by atoms with Crippen LogP contribution in [0.5, 0.6) is 0 Å². The van der Waals surface area contributed by atoms with E-state index in [0.29, 0.717) is 5.56 Å². The quantitative estimate of drug-likeness (QED) is 0.531. The molecule has 0 aromatic heterocycles. The molecule has 0 radical (unpaired) electrons. The molecule has 7 nitrogen and oxygen atoms in total. The second-order valence-electron chi connectivity index (χ2n) is 4.44. The molecule has 0 aliphatic carbocycles. The average molecular weight is 311 g/mol. The van der Waals surface area contributed by atoms with Gasteiger partial charge in [-0.15, -0.1) is 4.83 Å². The maximum Gasteiger partial charge on any atom is 0.324 e. The fraction of sp³-hybridized carbons (Fsp3) is 0.231. The number of sulfonamides is 1. The second kappa shape index (κ2) is 7.55. The summed E-state index contributed by atoms with van der Waals surface area (Å²) in [7, 11) is -3.88. The molecule has 0 saturated carbocycles. The third kappa shape index (κ3) is 6.68. The van der Waals surface area contributed by atoms with Crippen LogP contribution in [0.25, 0.3) is 6.08 Å². The maximum absolute atomic E-state index is 11.6. The Bertz CT molecular complexity index is 624. The molecular formula is C13H17N3O4S. The van der Waals surface area contributed by atoms with Crippen LogP contribution in [0.2, 0.25) is 0 Å². The van der Waals surface area contributed by atoms with Gasteiger partial charge in [0.2, 0.25) is 0 Å². The highest BCUT2D eigenvalue weighted by Crippen LogP contribution is 2.02. The van der Waals surface area contributed by atoms with Crippen molar-refractivity contribution in [3.8, 4) is 0 Å². The first-order valence-electron chi connectivity index (χ1n) is 6.16. The van der Waals surface area contributed by atoms with Crippen LogP contribution in [0.15, 0.2) is 35.7 Å². The Morgan fingerprint density at radius 2 is 1.71 bits per heavy atom. The monoisotopic (exact) mass is 311 g/mol. The normalized spacial score (nSPS) is 11.6. The fourth-order valence-corrected chi connectivity index (χ4v) is 1.91. The topological polar surface area (TPSA) is 104 Å². The number of nitrogens with one attached hydrogen (secondary N) is 3. The standard InChI is InChI=1S/C13H17N3O4S/c1-10(2)14-12(17)13(18)15-16-21(19,20)9-8-11-6-4-3-5-7-11/h3-10,16H,1-2H3,(H,14,17)(H,15,18)/b9-8+. The van der Waals surface area contributed by atoms with Gasteiger partial charge in [0.1, 0.15) is 0 Å². The summed E-state index contributed by atoms with van der Waals surface area (Å²) in [6.07, 6.45) is 1.36. The summed E-state index contributed by atoms with van der Waals surface area (Å²) >= 11 is 0. The predicted octanol–water partition coefficient (Wildman–Crippen LogP) is 0.133. The van der Waals surface area contributed by atoms with Crippen molar-refractivity contribution in [2.45, 2.75) is 19.9 Å². The van der Waals surface area contributed by atoms with Crippen molar-refractivity contribution in [3.05, 3.63) is 41.3 Å². The van der Waals surface area contributed by atoms with Gasteiger partial charge in [-0.05, 0) is 25.5 Å². The van der Waals surface area contributed by atoms with Crippen LogP contribution in [0, 0.1) is 0 Å². The smallest absolute Gasteiger partial charge is 0.324 e. The SMILES string of the molecule is CC(C)NC(=O)C(=O)NNS(=O)(=O)/C=C/c1ccccc1. The molecule has 1 rings (SSSR count). The minimum Gasteiger partial charge on any atom is -0.346 e. The molecule has 0 heterocycles. The maximum atomic E-state index is 11.6. The largest absolute Gasteiger partial charge is 0.346 e. The van der Waals surface area contributed by atoms with Crippen LogP contribution < -0.4 is 15.6 Å². The summed E-state index contributed by atoms with van der Waals surface area (Å²) in [5.41, 5.74) is 2.51. The molecule has 0 aliphatic heterocycles. The molecule has 2 amide bonds. The van der Waals surface area contributed by atoms with E-state index in [2.05, 4.69) is 5.32 Å². The Labute approximate surface area is 123 Å². The van der Waals surface area contributed by atoms with Gasteiger partial charge in [-0.25, -0.2) is 8.42 Å². The van der Waals surface area contributed by atoms with Gasteiger partial charge in [0, 0.05) is 11.4 Å². The van der Waals surface area contributed by atoms with Crippen molar-refractivity contribution in [1.29, 1.82) is 0 Å². The van der Waals surface area contributed by atoms with E-state index in [4.69, 9.17) is 0 Å². The van der Waals surface area contributed by atoms with Crippen molar-refractivity contribution in [3.63, 3.8) is 0 Å². The number of carbonyl (C=O) groups is 2. The molecule has 0 saturated heterocycles. The summed E-state index contributed by atoms with van der Waals surface area (Å²) in [5, 5.41) is 3.22. The van der Waals surface area contributed by atoms with Crippen LogP contribution in [0.4, 0.5) is 0 Å². The van der Waals surface area contributed by atoms with E-state index in [1.807, 2.05) is 10.3 Å². The van der Waals surface area contributed by atoms with Gasteiger partial charge < -0.3 is 5.32 Å². The van der Waals surface area contributed by atoms with Crippen LogP contribution in [-0.2, 0) is 19.6 Å². The third-order valence-corrected chi connectivity index (χ3v) is 3.05. The zero-order valence-corrected chi connectivity index (χ0v) is 12.5. The van der Waals surface area contributed by atoms with Crippen LogP contribution in [-0.4, -0.2) is 26.3 Å². The molecule has 0 fully saturated rings. The van der Waals surface area contributed by atoms with Gasteiger partial charge in [-0.3, -0.25) is 15.0 Å². The molecule has 1 aromatic carbocycles. The molecular weight excluding hydrogens is 294 g/mol. The first-order valence-corrected chi connectivity index (χ1v) is 7.70. The number of carbonyl (C=O) groups excluding carboxylic acids is 2. The zero-order chi connectivity index (χ0) is 15.9. The van der Waals surface area contributed by atoms with E-state index in [1.54, 1.807) is 44.2 Å². The second-order valence-corrected chi connectivity index (χ2v) is 6.01. The Morgan fingerprint density at radius 1 is 1.10 bits per heavy atom. The molecule has 0 aliphatic rings. The van der Waals surface area contributed by atoms with Crippen molar-refractivity contribution >= 4 is 27.9 Å². The first kappa shape index (κ1) is 16.9. The van der Waals surface area contributed by atoms with Crippen molar-refractivity contribution in [1.82, 2.24) is 15.6 Å². The van der Waals surface area contributed by atoms with Gasteiger partial charge in [-0.2, -0.15) is 0 Å². The lowest BCUT2D eigenvalue weighted by molar-refractivity contribution is -0.139. The summed E-state index contributed by atoms with van der Waals surface area (Å²) in [5.74, 6) is -2.00. The Morgan fingerprint density at radius 3 is 2.29 bits per heavy atom. The number of rotatable bonds is 5. The Hall–Kier alpha value is -2.19. The molecule has 0 bridgehead atoms. The lowest BCUT2D eigenvalue weighted by Gasteiger charge is -2.08. The van der Waals surface area contributed by atoms with E-state index in [0.717, 1.165) is 5.41 Å². The van der Waals surface area contributed by atoms with E-state index in [9.17, 15) is 18.0 Å². The number of hydrazine groups is 1. The van der Waals surface area contributed by atoms with E-state index < -0.39 is 21.8 Å². The molecule has 0 spiro atoms. The Kier molecular flexibility index (Phi) is 6.07. The summed E-state index contributed by atoms with van der Waals surface area (Å²) in [4.78, 5) is 24.4. The average Bonchev–Trinajstić information content (AvgIpc) is 2.43. The van der Waals surface area contributed by atoms with Gasteiger partial charge in [0.05, 0.1) is 0 Å². The summed E-state index contributed by atoms with van der Waals surface area (Å²) in [6.45, 7) is 3.36. The summed E-state index contributed by atoms with van der Waals surface area (Å²) in [6, 6.07) is 8.55. The summed E-state index contributed by atoms with van der Waals surface area (Å²) < 4.78 is 23.2. The van der Waals surface area contributed by atoms with Crippen LogP contribution in [0.1, 0.15) is 19.4 Å². The van der Waals surface area contributed by atoms with Gasteiger partial charge in [0.25, 0.3) is 10.0 Å². The van der Waals surface area contributed by atoms with Crippen molar-refractivity contribution < 1.29 is 18.0 Å². The van der Waals surface area contributed by atoms with Crippen molar-refractivity contribution in [2.75, 3.05) is 0 Å². The minimum absolute atomic E-state index is 0.224. The van der Waals surface area contributed by atoms with E-state index in [1.165, 1.54) is 6.08 Å². The molecule has 0 atom stereocenters. The lowest BCUT2D eigenvalue weighted by Crippen LogP contribution is -2.49. The molecule has 3 N–H and O–H groups in total. The Balaban J connectivity index is 2.56. The third-order valence-electron chi connectivity index (χ3n) is 2.17. The van der Waals surface area contributed by atoms with Crippen molar-refractivity contribution in [2.24, 2.45) is 0 Å². The van der Waals surface area contributed by atoms with E-state index >= 15 is 0 Å². The van der Waals surface area contributed by atoms with E-state index in [-0.39, 0.29) is 6.04 Å². The predicted molar refractivity (Wildman–Crippen MR) is 79.0 cm³/mol. The highest BCUT2D eigenvalue weighted by molar-refractivity contribution is 7.92. The molecule has 21 heavy (non-hydrogen) atoms. The molecule has 114 valence electrons. The number of benzene rings is 1. The van der Waals surface area contributed by atoms with Gasteiger partial charge in [0.15, 0.2) is 0 Å². The number of hydrogen-bond acceptors (Lipinski definition) is 4. The van der Waals surface area contributed by atoms with Gasteiger partial charge >= 0.3 is 11.8 Å². The minimum atomic E-state index is -3.88. The van der Waals surface area contributed by atoms with Crippen LogP contribution >= 0.6 is 0 Å². The van der Waals surface area contributed by atoms with Crippen LogP contribution in [0.3, 0.4) is 0 Å². The zero-order valence-electron chi connectivity index (χ0n) is 11.7. The highest BCUT2D eigenvalue weighted by Gasteiger charge is 2.16.